The number of aliphatic imine (C=N–C) groups is 1. The van der Waals surface area contributed by atoms with Crippen LogP contribution in [-0.4, -0.2) is 45.2 Å². The van der Waals surface area contributed by atoms with E-state index in [4.69, 9.17) is 0 Å². The summed E-state index contributed by atoms with van der Waals surface area (Å²) < 4.78 is 1.68. The second-order valence-corrected chi connectivity index (χ2v) is 5.11. The van der Waals surface area contributed by atoms with Crippen LogP contribution in [0.1, 0.15) is 17.9 Å². The summed E-state index contributed by atoms with van der Waals surface area (Å²) in [5.74, 6) is 1.84. The zero-order chi connectivity index (χ0) is 17.4. The van der Waals surface area contributed by atoms with Crippen LogP contribution in [0.2, 0.25) is 0 Å². The molecule has 0 bridgehead atoms. The Balaban J connectivity index is 0.00000312. The summed E-state index contributed by atoms with van der Waals surface area (Å²) >= 11 is 0. The van der Waals surface area contributed by atoms with Gasteiger partial charge < -0.3 is 16.0 Å². The molecule has 10 heteroatoms. The number of aryl methyl sites for hydroxylation is 2. The zero-order valence-electron chi connectivity index (χ0n) is 14.5. The van der Waals surface area contributed by atoms with E-state index in [0.29, 0.717) is 31.3 Å². The number of nitrogens with one attached hydrogen (secondary N) is 3. The van der Waals surface area contributed by atoms with Crippen LogP contribution >= 0.6 is 24.0 Å². The summed E-state index contributed by atoms with van der Waals surface area (Å²) in [6.07, 6.45) is 1.80. The molecular weight excluding hydrogens is 435 g/mol. The third-order valence-electron chi connectivity index (χ3n) is 3.24. The Morgan fingerprint density at radius 3 is 2.76 bits per heavy atom. The number of nitrogens with zero attached hydrogens (tertiary/aromatic N) is 5. The largest absolute Gasteiger partial charge is 0.356 e. The van der Waals surface area contributed by atoms with E-state index >= 15 is 0 Å². The summed E-state index contributed by atoms with van der Waals surface area (Å²) in [6.45, 7) is 2.83. The van der Waals surface area contributed by atoms with Gasteiger partial charge in [0.25, 0.3) is 0 Å². The van der Waals surface area contributed by atoms with Gasteiger partial charge in [-0.15, -0.1) is 24.0 Å². The van der Waals surface area contributed by atoms with Crippen molar-refractivity contribution in [2.45, 2.75) is 19.9 Å². The van der Waals surface area contributed by atoms with Crippen LogP contribution in [-0.2, 0) is 18.4 Å². The van der Waals surface area contributed by atoms with Crippen LogP contribution in [0, 0.1) is 6.92 Å². The van der Waals surface area contributed by atoms with Crippen LogP contribution in [0.4, 0.5) is 5.82 Å². The molecule has 2 aromatic heterocycles. The van der Waals surface area contributed by atoms with Gasteiger partial charge in [0.1, 0.15) is 18.0 Å². The number of anilines is 1. The van der Waals surface area contributed by atoms with Gasteiger partial charge in [-0.2, -0.15) is 5.10 Å². The highest BCUT2D eigenvalue weighted by atomic mass is 127. The van der Waals surface area contributed by atoms with Crippen molar-refractivity contribution in [3.05, 3.63) is 36.0 Å². The van der Waals surface area contributed by atoms with Gasteiger partial charge in [0.05, 0.1) is 6.54 Å². The van der Waals surface area contributed by atoms with E-state index in [2.05, 4.69) is 36.0 Å². The van der Waals surface area contributed by atoms with Crippen LogP contribution in [0.3, 0.4) is 0 Å². The summed E-state index contributed by atoms with van der Waals surface area (Å²) in [6, 6.07) is 5.50. The van der Waals surface area contributed by atoms with E-state index in [0.717, 1.165) is 11.5 Å². The SMILES string of the molecule is CN=C(NCCC(=O)Nc1cccc(C)n1)NCc1ncnn1C.I. The molecule has 0 aliphatic carbocycles. The van der Waals surface area contributed by atoms with Gasteiger partial charge in [-0.3, -0.25) is 14.5 Å². The number of pyridine rings is 1. The second kappa shape index (κ2) is 10.6. The normalized spacial score (nSPS) is 10.8. The molecule has 0 spiro atoms. The zero-order valence-corrected chi connectivity index (χ0v) is 16.8. The van der Waals surface area contributed by atoms with Gasteiger partial charge in [-0.05, 0) is 19.1 Å². The van der Waals surface area contributed by atoms with E-state index in [-0.39, 0.29) is 29.9 Å². The molecule has 0 fully saturated rings. The molecule has 0 aromatic carbocycles. The number of carbonyl (C=O) groups is 1. The van der Waals surface area contributed by atoms with Crippen molar-refractivity contribution in [3.8, 4) is 0 Å². The van der Waals surface area contributed by atoms with Crippen LogP contribution < -0.4 is 16.0 Å². The lowest BCUT2D eigenvalue weighted by atomic mass is 10.3. The fourth-order valence-corrected chi connectivity index (χ4v) is 1.98. The molecule has 0 aliphatic heterocycles. The van der Waals surface area contributed by atoms with E-state index in [1.54, 1.807) is 17.8 Å². The predicted molar refractivity (Wildman–Crippen MR) is 107 cm³/mol. The second-order valence-electron chi connectivity index (χ2n) is 5.11. The van der Waals surface area contributed by atoms with Crippen molar-refractivity contribution in [2.24, 2.45) is 12.0 Å². The molecule has 0 atom stereocenters. The van der Waals surface area contributed by atoms with Crippen molar-refractivity contribution in [1.29, 1.82) is 0 Å². The Morgan fingerprint density at radius 1 is 1.32 bits per heavy atom. The maximum absolute atomic E-state index is 11.9. The molecule has 0 aliphatic rings. The maximum Gasteiger partial charge on any atom is 0.227 e. The van der Waals surface area contributed by atoms with E-state index < -0.39 is 0 Å². The van der Waals surface area contributed by atoms with Gasteiger partial charge in [0.15, 0.2) is 5.96 Å². The number of amides is 1. The first-order chi connectivity index (χ1) is 11.6. The van der Waals surface area contributed by atoms with Crippen molar-refractivity contribution in [3.63, 3.8) is 0 Å². The molecule has 3 N–H and O–H groups in total. The van der Waals surface area contributed by atoms with Crippen LogP contribution in [0.25, 0.3) is 0 Å². The topological polar surface area (TPSA) is 109 Å². The molecule has 2 heterocycles. The minimum absolute atomic E-state index is 0. The fourth-order valence-electron chi connectivity index (χ4n) is 1.98. The molecule has 9 nitrogen and oxygen atoms in total. The highest BCUT2D eigenvalue weighted by Crippen LogP contribution is 2.03. The first-order valence-corrected chi connectivity index (χ1v) is 7.59. The number of halogens is 1. The summed E-state index contributed by atoms with van der Waals surface area (Å²) in [5.41, 5.74) is 0.860. The quantitative estimate of drug-likeness (QED) is 0.336. The number of carbonyl (C=O) groups excluding carboxylic acids is 1. The summed E-state index contributed by atoms with van der Waals surface area (Å²) in [7, 11) is 3.49. The van der Waals surface area contributed by atoms with E-state index in [1.165, 1.54) is 6.33 Å². The van der Waals surface area contributed by atoms with Crippen molar-refractivity contribution >= 4 is 41.7 Å². The fraction of sp³-hybridized carbons (Fsp3) is 0.400. The number of aromatic nitrogens is 4. The molecule has 0 radical (unpaired) electrons. The van der Waals surface area contributed by atoms with Gasteiger partial charge in [0, 0.05) is 32.8 Å². The lowest BCUT2D eigenvalue weighted by molar-refractivity contribution is -0.116. The Hall–Kier alpha value is -2.24. The number of hydrogen-bond acceptors (Lipinski definition) is 5. The lowest BCUT2D eigenvalue weighted by Gasteiger charge is -2.11. The first kappa shape index (κ1) is 20.8. The molecule has 25 heavy (non-hydrogen) atoms. The maximum atomic E-state index is 11.9. The Labute approximate surface area is 163 Å². The summed E-state index contributed by atoms with van der Waals surface area (Å²) in [5, 5.41) is 13.0. The minimum atomic E-state index is -0.107. The van der Waals surface area contributed by atoms with Crippen LogP contribution in [0.5, 0.6) is 0 Å². The van der Waals surface area contributed by atoms with Crippen molar-refractivity contribution < 1.29 is 4.79 Å². The molecule has 0 saturated carbocycles. The minimum Gasteiger partial charge on any atom is -0.356 e. The summed E-state index contributed by atoms with van der Waals surface area (Å²) in [4.78, 5) is 24.4. The highest BCUT2D eigenvalue weighted by molar-refractivity contribution is 14.0. The standard InChI is InChI=1S/C15H22N8O.HI/c1-11-5-4-6-12(21-11)22-14(24)7-8-17-15(16-2)18-9-13-19-10-20-23(13)3;/h4-6,10H,7-9H2,1-3H3,(H2,16,17,18)(H,21,22,24);1H. The average Bonchev–Trinajstić information content (AvgIpc) is 2.96. The molecule has 136 valence electrons. The van der Waals surface area contributed by atoms with E-state index in [9.17, 15) is 4.79 Å². The molecule has 1 amide bonds. The average molecular weight is 458 g/mol. The Bertz CT molecular complexity index is 715. The Morgan fingerprint density at radius 2 is 2.12 bits per heavy atom. The monoisotopic (exact) mass is 458 g/mol. The third kappa shape index (κ3) is 7.03. The lowest BCUT2D eigenvalue weighted by Crippen LogP contribution is -2.38. The third-order valence-corrected chi connectivity index (χ3v) is 3.24. The van der Waals surface area contributed by atoms with Gasteiger partial charge in [-0.25, -0.2) is 9.97 Å². The predicted octanol–water partition coefficient (Wildman–Crippen LogP) is 0.830. The molecule has 2 rings (SSSR count). The van der Waals surface area contributed by atoms with Gasteiger partial charge >= 0.3 is 0 Å². The van der Waals surface area contributed by atoms with Crippen molar-refractivity contribution in [2.75, 3.05) is 18.9 Å². The van der Waals surface area contributed by atoms with Crippen LogP contribution in [0.15, 0.2) is 29.5 Å². The molecule has 0 unspecified atom stereocenters. The highest BCUT2D eigenvalue weighted by Gasteiger charge is 2.05. The number of hydrogen-bond donors (Lipinski definition) is 3. The Kier molecular flexibility index (Phi) is 8.81. The van der Waals surface area contributed by atoms with E-state index in [1.807, 2.05) is 26.1 Å². The molecule has 2 aromatic rings. The van der Waals surface area contributed by atoms with Gasteiger partial charge in [0.2, 0.25) is 5.91 Å². The number of guanidine groups is 1. The molecular formula is C15H23IN8O. The first-order valence-electron chi connectivity index (χ1n) is 7.59. The van der Waals surface area contributed by atoms with Gasteiger partial charge in [-0.1, -0.05) is 6.07 Å². The van der Waals surface area contributed by atoms with Crippen molar-refractivity contribution in [1.82, 2.24) is 30.4 Å². The number of rotatable bonds is 6. The molecule has 0 saturated heterocycles. The smallest absolute Gasteiger partial charge is 0.227 e.